The Kier molecular flexibility index (Phi) is 9.41. The van der Waals surface area contributed by atoms with Crippen LogP contribution in [0.15, 0.2) is 66.9 Å². The molecule has 3 amide bonds. The van der Waals surface area contributed by atoms with E-state index in [1.54, 1.807) is 36.5 Å². The van der Waals surface area contributed by atoms with Gasteiger partial charge in [0, 0.05) is 30.8 Å². The molecule has 2 aromatic carbocycles. The van der Waals surface area contributed by atoms with Gasteiger partial charge in [-0.1, -0.05) is 48.7 Å². The molecule has 8 heteroatoms. The van der Waals surface area contributed by atoms with E-state index < -0.39 is 11.9 Å². The second-order valence-corrected chi connectivity index (χ2v) is 10.1. The van der Waals surface area contributed by atoms with Crippen LogP contribution in [0.2, 0.25) is 0 Å². The van der Waals surface area contributed by atoms with Crippen LogP contribution in [0, 0.1) is 19.7 Å². The Labute approximate surface area is 228 Å². The lowest BCUT2D eigenvalue weighted by molar-refractivity contribution is -0.127. The average Bonchev–Trinajstić information content (AvgIpc) is 3.42. The van der Waals surface area contributed by atoms with Gasteiger partial charge in [-0.05, 0) is 74.6 Å². The van der Waals surface area contributed by atoms with Gasteiger partial charge in [-0.25, -0.2) is 9.37 Å². The molecule has 204 valence electrons. The molecule has 1 saturated carbocycles. The van der Waals surface area contributed by atoms with Crippen molar-refractivity contribution in [3.63, 3.8) is 0 Å². The highest BCUT2D eigenvalue weighted by Gasteiger charge is 2.34. The number of halogens is 1. The second-order valence-electron chi connectivity index (χ2n) is 10.1. The van der Waals surface area contributed by atoms with Crippen molar-refractivity contribution in [2.24, 2.45) is 0 Å². The van der Waals surface area contributed by atoms with Gasteiger partial charge in [0.1, 0.15) is 17.7 Å². The van der Waals surface area contributed by atoms with Crippen LogP contribution in [-0.2, 0) is 14.4 Å². The fourth-order valence-corrected chi connectivity index (χ4v) is 5.07. The Balaban J connectivity index is 1.60. The number of carbonyl (C=O) groups excluding carboxylic acids is 3. The maximum Gasteiger partial charge on any atom is 0.248 e. The zero-order valence-corrected chi connectivity index (χ0v) is 22.5. The molecule has 7 nitrogen and oxygen atoms in total. The number of aryl methyl sites for hydroxylation is 2. The summed E-state index contributed by atoms with van der Waals surface area (Å²) in [5.41, 5.74) is 3.01. The molecule has 4 rings (SSSR count). The maximum absolute atomic E-state index is 13.9. The molecular formula is C31H35FN4O3. The first-order chi connectivity index (χ1) is 18.8. The van der Waals surface area contributed by atoms with Crippen molar-refractivity contribution in [1.82, 2.24) is 10.3 Å². The number of pyridine rings is 1. The van der Waals surface area contributed by atoms with Crippen molar-refractivity contribution in [2.75, 3.05) is 10.2 Å². The number of benzene rings is 2. The van der Waals surface area contributed by atoms with Crippen LogP contribution in [0.5, 0.6) is 0 Å². The van der Waals surface area contributed by atoms with Gasteiger partial charge in [0.25, 0.3) is 0 Å². The molecule has 1 fully saturated rings. The third kappa shape index (κ3) is 7.50. The number of hydrogen-bond donors (Lipinski definition) is 2. The van der Waals surface area contributed by atoms with Crippen molar-refractivity contribution >= 4 is 29.2 Å². The van der Waals surface area contributed by atoms with Crippen molar-refractivity contribution in [3.8, 4) is 0 Å². The van der Waals surface area contributed by atoms with Gasteiger partial charge in [-0.3, -0.25) is 19.3 Å². The van der Waals surface area contributed by atoms with Gasteiger partial charge in [-0.15, -0.1) is 0 Å². The molecule has 0 unspecified atom stereocenters. The number of anilines is 2. The Morgan fingerprint density at radius 2 is 1.74 bits per heavy atom. The highest BCUT2D eigenvalue weighted by molar-refractivity contribution is 6.02. The van der Waals surface area contributed by atoms with Gasteiger partial charge in [0.05, 0.1) is 0 Å². The van der Waals surface area contributed by atoms with E-state index >= 15 is 0 Å². The summed E-state index contributed by atoms with van der Waals surface area (Å²) >= 11 is 0. The summed E-state index contributed by atoms with van der Waals surface area (Å²) in [7, 11) is 0. The molecule has 39 heavy (non-hydrogen) atoms. The number of rotatable bonds is 10. The van der Waals surface area contributed by atoms with E-state index in [1.165, 1.54) is 17.0 Å². The van der Waals surface area contributed by atoms with Crippen LogP contribution in [0.1, 0.15) is 67.7 Å². The lowest BCUT2D eigenvalue weighted by Crippen LogP contribution is -2.46. The Bertz CT molecular complexity index is 1290. The van der Waals surface area contributed by atoms with E-state index in [9.17, 15) is 18.8 Å². The van der Waals surface area contributed by atoms with Crippen molar-refractivity contribution in [3.05, 3.63) is 89.4 Å². The summed E-state index contributed by atoms with van der Waals surface area (Å²) in [5.74, 6) is -0.797. The van der Waals surface area contributed by atoms with Crippen molar-refractivity contribution < 1.29 is 18.8 Å². The lowest BCUT2D eigenvalue weighted by Gasteiger charge is -2.33. The summed E-state index contributed by atoms with van der Waals surface area (Å²) in [6, 6.07) is 15.7. The van der Waals surface area contributed by atoms with E-state index in [0.29, 0.717) is 23.5 Å². The number of hydrogen-bond acceptors (Lipinski definition) is 4. The van der Waals surface area contributed by atoms with Crippen LogP contribution in [0.3, 0.4) is 0 Å². The first kappa shape index (κ1) is 28.0. The smallest absolute Gasteiger partial charge is 0.248 e. The fraction of sp³-hybridized carbons (Fsp3) is 0.355. The SMILES string of the molecule is Cc1ccc(N(C(=O)CCCC(=O)Nc2ccccn2)[C@H](C(=O)NC2CCCC2)c2ccc(F)cc2)c(C)c1. The van der Waals surface area contributed by atoms with Gasteiger partial charge in [-0.2, -0.15) is 0 Å². The summed E-state index contributed by atoms with van der Waals surface area (Å²) in [5, 5.41) is 5.86. The minimum Gasteiger partial charge on any atom is -0.351 e. The molecule has 0 bridgehead atoms. The number of amides is 3. The molecule has 1 aromatic heterocycles. The summed E-state index contributed by atoms with van der Waals surface area (Å²) in [6.45, 7) is 3.87. The Hall–Kier alpha value is -4.07. The Morgan fingerprint density at radius 1 is 1.00 bits per heavy atom. The maximum atomic E-state index is 13.9. The van der Waals surface area contributed by atoms with E-state index in [2.05, 4.69) is 15.6 Å². The zero-order valence-electron chi connectivity index (χ0n) is 22.5. The molecule has 0 spiro atoms. The van der Waals surface area contributed by atoms with Crippen LogP contribution in [-0.4, -0.2) is 28.7 Å². The Morgan fingerprint density at radius 3 is 2.41 bits per heavy atom. The van der Waals surface area contributed by atoms with Gasteiger partial charge in [0.2, 0.25) is 17.7 Å². The normalized spacial score (nSPS) is 14.0. The number of nitrogens with zero attached hydrogens (tertiary/aromatic N) is 2. The van der Waals surface area contributed by atoms with E-state index in [1.807, 2.05) is 32.0 Å². The van der Waals surface area contributed by atoms with E-state index in [-0.39, 0.29) is 36.6 Å². The third-order valence-electron chi connectivity index (χ3n) is 7.00. The van der Waals surface area contributed by atoms with Gasteiger partial charge < -0.3 is 10.6 Å². The summed E-state index contributed by atoms with van der Waals surface area (Å²) < 4.78 is 13.8. The fourth-order valence-electron chi connectivity index (χ4n) is 5.07. The predicted octanol–water partition coefficient (Wildman–Crippen LogP) is 5.78. The van der Waals surface area contributed by atoms with Crippen molar-refractivity contribution in [1.29, 1.82) is 0 Å². The van der Waals surface area contributed by atoms with E-state index in [0.717, 1.165) is 36.8 Å². The largest absolute Gasteiger partial charge is 0.351 e. The second kappa shape index (κ2) is 13.1. The molecule has 1 aliphatic rings. The van der Waals surface area contributed by atoms with Gasteiger partial charge in [0.15, 0.2) is 0 Å². The molecule has 3 aromatic rings. The number of nitrogens with one attached hydrogen (secondary N) is 2. The lowest BCUT2D eigenvalue weighted by atomic mass is 9.99. The predicted molar refractivity (Wildman–Crippen MR) is 150 cm³/mol. The first-order valence-corrected chi connectivity index (χ1v) is 13.5. The van der Waals surface area contributed by atoms with Crippen LogP contribution in [0.25, 0.3) is 0 Å². The molecule has 0 aliphatic heterocycles. The standard InChI is InChI=1S/C31H35FN4O3/c1-21-13-18-26(22(2)20-21)36(29(38)12-7-11-28(37)35-27-10-5-6-19-33-27)30(23-14-16-24(32)17-15-23)31(39)34-25-8-3-4-9-25/h5-6,10,13-20,25,30H,3-4,7-9,11-12H2,1-2H3,(H,34,39)(H,33,35,37)/t30-/m0/s1. The molecule has 1 heterocycles. The van der Waals surface area contributed by atoms with Gasteiger partial charge >= 0.3 is 0 Å². The van der Waals surface area contributed by atoms with Crippen LogP contribution < -0.4 is 15.5 Å². The number of carbonyl (C=O) groups is 3. The third-order valence-corrected chi connectivity index (χ3v) is 7.00. The highest BCUT2D eigenvalue weighted by Crippen LogP contribution is 2.33. The molecule has 1 atom stereocenters. The number of aromatic nitrogens is 1. The van der Waals surface area contributed by atoms with Crippen molar-refractivity contribution in [2.45, 2.75) is 70.9 Å². The molecule has 0 saturated heterocycles. The quantitative estimate of drug-likeness (QED) is 0.348. The summed E-state index contributed by atoms with van der Waals surface area (Å²) in [4.78, 5) is 45.7. The topological polar surface area (TPSA) is 91.4 Å². The minimum atomic E-state index is -0.984. The minimum absolute atomic E-state index is 0.0480. The average molecular weight is 531 g/mol. The molecular weight excluding hydrogens is 495 g/mol. The first-order valence-electron chi connectivity index (χ1n) is 13.5. The molecule has 2 N–H and O–H groups in total. The van der Waals surface area contributed by atoms with Crippen LogP contribution >= 0.6 is 0 Å². The zero-order chi connectivity index (χ0) is 27.8. The van der Waals surface area contributed by atoms with Crippen LogP contribution in [0.4, 0.5) is 15.9 Å². The summed E-state index contributed by atoms with van der Waals surface area (Å²) in [6.07, 6.45) is 5.94. The highest BCUT2D eigenvalue weighted by atomic mass is 19.1. The molecule has 0 radical (unpaired) electrons. The van der Waals surface area contributed by atoms with E-state index in [4.69, 9.17) is 0 Å². The molecule has 1 aliphatic carbocycles. The monoisotopic (exact) mass is 530 g/mol.